The molecule has 1 fully saturated rings. The lowest BCUT2D eigenvalue weighted by Gasteiger charge is -2.17. The second-order valence-corrected chi connectivity index (χ2v) is 5.79. The van der Waals surface area contributed by atoms with Crippen LogP contribution in [-0.2, 0) is 0 Å². The summed E-state index contributed by atoms with van der Waals surface area (Å²) in [7, 11) is 0. The van der Waals surface area contributed by atoms with Gasteiger partial charge in [0.25, 0.3) is 0 Å². The minimum absolute atomic E-state index is 1.18. The van der Waals surface area contributed by atoms with E-state index in [9.17, 15) is 0 Å². The Bertz CT molecular complexity index is 640. The van der Waals surface area contributed by atoms with Crippen LogP contribution in [0.3, 0.4) is 0 Å². The molecular weight excluding hydrogens is 240 g/mol. The highest BCUT2D eigenvalue weighted by Gasteiger charge is 2.35. The summed E-state index contributed by atoms with van der Waals surface area (Å²) in [6.45, 7) is 8.15. The highest BCUT2D eigenvalue weighted by molar-refractivity contribution is 5.84. The first-order chi connectivity index (χ1) is 9.72. The molecule has 0 saturated heterocycles. The molecule has 0 bridgehead atoms. The third kappa shape index (κ3) is 2.31. The summed E-state index contributed by atoms with van der Waals surface area (Å²) in [6.07, 6.45) is 18.3. The van der Waals surface area contributed by atoms with E-state index in [1.807, 2.05) is 6.08 Å². The molecule has 0 radical (unpaired) electrons. The summed E-state index contributed by atoms with van der Waals surface area (Å²) in [4.78, 5) is 0. The number of rotatable bonds is 3. The van der Waals surface area contributed by atoms with Gasteiger partial charge in [-0.25, -0.2) is 0 Å². The molecule has 3 rings (SSSR count). The van der Waals surface area contributed by atoms with Crippen molar-refractivity contribution in [3.05, 3.63) is 82.0 Å². The molecule has 3 aliphatic rings. The Hall–Kier alpha value is -1.82. The van der Waals surface area contributed by atoms with Crippen LogP contribution in [0.4, 0.5) is 0 Å². The van der Waals surface area contributed by atoms with E-state index in [4.69, 9.17) is 0 Å². The monoisotopic (exact) mass is 262 g/mol. The molecule has 0 spiro atoms. The van der Waals surface area contributed by atoms with Gasteiger partial charge < -0.3 is 0 Å². The zero-order valence-electron chi connectivity index (χ0n) is 12.5. The third-order valence-corrected chi connectivity index (χ3v) is 4.36. The summed E-state index contributed by atoms with van der Waals surface area (Å²) in [5.41, 5.74) is 10.2. The van der Waals surface area contributed by atoms with Crippen LogP contribution in [0.1, 0.15) is 39.5 Å². The molecule has 0 unspecified atom stereocenters. The first-order valence-electron chi connectivity index (χ1n) is 7.55. The molecule has 0 aromatic rings. The maximum Gasteiger partial charge on any atom is -0.00641 e. The van der Waals surface area contributed by atoms with E-state index in [2.05, 4.69) is 50.8 Å². The van der Waals surface area contributed by atoms with E-state index in [0.717, 1.165) is 0 Å². The van der Waals surface area contributed by atoms with Gasteiger partial charge in [-0.1, -0.05) is 48.6 Å². The van der Waals surface area contributed by atoms with Crippen LogP contribution in [0, 0.1) is 0 Å². The Balaban J connectivity index is 1.97. The van der Waals surface area contributed by atoms with Gasteiger partial charge in [0.05, 0.1) is 0 Å². The minimum atomic E-state index is 1.18. The average Bonchev–Trinajstić information content (AvgIpc) is 3.19. The number of fused-ring (bicyclic) bond motifs is 1. The van der Waals surface area contributed by atoms with Gasteiger partial charge in [0.1, 0.15) is 0 Å². The van der Waals surface area contributed by atoms with Gasteiger partial charge in [0.2, 0.25) is 0 Å². The minimum Gasteiger partial charge on any atom is -0.0988 e. The first kappa shape index (κ1) is 13.2. The molecule has 0 amide bonds. The maximum atomic E-state index is 3.81. The predicted octanol–water partition coefficient (Wildman–Crippen LogP) is 5.74. The largest absolute Gasteiger partial charge is 0.0988 e. The van der Waals surface area contributed by atoms with Crippen molar-refractivity contribution in [3.63, 3.8) is 0 Å². The van der Waals surface area contributed by atoms with Crippen LogP contribution in [0.2, 0.25) is 0 Å². The van der Waals surface area contributed by atoms with Gasteiger partial charge in [-0.2, -0.15) is 0 Å². The van der Waals surface area contributed by atoms with Crippen molar-refractivity contribution in [3.8, 4) is 0 Å². The van der Waals surface area contributed by atoms with E-state index in [1.54, 1.807) is 5.57 Å². The van der Waals surface area contributed by atoms with E-state index in [-0.39, 0.29) is 0 Å². The van der Waals surface area contributed by atoms with Gasteiger partial charge in [-0.05, 0) is 73.0 Å². The van der Waals surface area contributed by atoms with Crippen molar-refractivity contribution in [1.29, 1.82) is 0 Å². The molecule has 0 heterocycles. The lowest BCUT2D eigenvalue weighted by Crippen LogP contribution is -1.98. The fourth-order valence-electron chi connectivity index (χ4n) is 3.13. The molecule has 0 aromatic heterocycles. The van der Waals surface area contributed by atoms with Gasteiger partial charge in [-0.3, -0.25) is 0 Å². The van der Waals surface area contributed by atoms with Crippen LogP contribution in [0.25, 0.3) is 0 Å². The molecule has 102 valence electrons. The van der Waals surface area contributed by atoms with Gasteiger partial charge in [0.15, 0.2) is 0 Å². The Labute approximate surface area is 122 Å². The van der Waals surface area contributed by atoms with Crippen molar-refractivity contribution < 1.29 is 0 Å². The summed E-state index contributed by atoms with van der Waals surface area (Å²) < 4.78 is 0. The summed E-state index contributed by atoms with van der Waals surface area (Å²) in [5.74, 6) is 0. The second kappa shape index (κ2) is 5.28. The smallest absolute Gasteiger partial charge is 0.00641 e. The van der Waals surface area contributed by atoms with Crippen molar-refractivity contribution in [2.75, 3.05) is 0 Å². The SMILES string of the molecule is C=C/C(C)=C\C=C1/C2=CCCC(C3=CCCC=C3C)=C21. The molecule has 0 aromatic carbocycles. The lowest BCUT2D eigenvalue weighted by atomic mass is 9.88. The van der Waals surface area contributed by atoms with Crippen LogP contribution >= 0.6 is 0 Å². The van der Waals surface area contributed by atoms with Crippen molar-refractivity contribution in [2.24, 2.45) is 0 Å². The zero-order valence-corrected chi connectivity index (χ0v) is 12.5. The quantitative estimate of drug-likeness (QED) is 0.569. The molecule has 0 atom stereocenters. The molecule has 3 aliphatic carbocycles. The topological polar surface area (TPSA) is 0 Å². The molecule has 1 saturated carbocycles. The zero-order chi connectivity index (χ0) is 14.1. The Kier molecular flexibility index (Phi) is 3.48. The Morgan fingerprint density at radius 3 is 2.60 bits per heavy atom. The van der Waals surface area contributed by atoms with E-state index < -0.39 is 0 Å². The van der Waals surface area contributed by atoms with Gasteiger partial charge in [0, 0.05) is 0 Å². The van der Waals surface area contributed by atoms with E-state index in [1.165, 1.54) is 59.1 Å². The van der Waals surface area contributed by atoms with E-state index in [0.29, 0.717) is 0 Å². The highest BCUT2D eigenvalue weighted by Crippen LogP contribution is 2.53. The predicted molar refractivity (Wildman–Crippen MR) is 87.5 cm³/mol. The number of hydrogen-bond donors (Lipinski definition) is 0. The summed E-state index contributed by atoms with van der Waals surface area (Å²) >= 11 is 0. The second-order valence-electron chi connectivity index (χ2n) is 5.79. The first-order valence-corrected chi connectivity index (χ1v) is 7.55. The van der Waals surface area contributed by atoms with Crippen molar-refractivity contribution in [2.45, 2.75) is 39.5 Å². The molecule has 0 N–H and O–H groups in total. The normalized spacial score (nSPS) is 24.0. The average molecular weight is 262 g/mol. The number of allylic oxidation sites excluding steroid dienone is 13. The van der Waals surface area contributed by atoms with Crippen LogP contribution < -0.4 is 0 Å². The van der Waals surface area contributed by atoms with Crippen LogP contribution in [0.15, 0.2) is 82.0 Å². The highest BCUT2D eigenvalue weighted by atomic mass is 14.4. The third-order valence-electron chi connectivity index (χ3n) is 4.36. The standard InChI is InChI=1S/C20H22/c1-4-14(2)12-13-19-18-11-7-10-17(20(18)19)16-9-6-5-8-15(16)3/h4,8-9,11-13H,1,5-7,10H2,2-3H3/b14-12-,19-13+. The molecule has 0 nitrogen and oxygen atoms in total. The Morgan fingerprint density at radius 1 is 1.10 bits per heavy atom. The summed E-state index contributed by atoms with van der Waals surface area (Å²) in [6, 6.07) is 0. The van der Waals surface area contributed by atoms with Gasteiger partial charge in [-0.15, -0.1) is 0 Å². The lowest BCUT2D eigenvalue weighted by molar-refractivity contribution is 0.934. The maximum absolute atomic E-state index is 3.81. The molecular formula is C20H22. The molecule has 20 heavy (non-hydrogen) atoms. The fourth-order valence-corrected chi connectivity index (χ4v) is 3.13. The van der Waals surface area contributed by atoms with Gasteiger partial charge >= 0.3 is 0 Å². The summed E-state index contributed by atoms with van der Waals surface area (Å²) in [5, 5.41) is 0. The molecule has 0 heteroatoms. The number of hydrogen-bond acceptors (Lipinski definition) is 0. The van der Waals surface area contributed by atoms with E-state index >= 15 is 0 Å². The van der Waals surface area contributed by atoms with Crippen molar-refractivity contribution in [1.82, 2.24) is 0 Å². The Morgan fingerprint density at radius 2 is 1.85 bits per heavy atom. The molecule has 0 aliphatic heterocycles. The fraction of sp³-hybridized carbons (Fsp3) is 0.300. The van der Waals surface area contributed by atoms with Crippen LogP contribution in [-0.4, -0.2) is 0 Å². The van der Waals surface area contributed by atoms with Crippen molar-refractivity contribution >= 4 is 0 Å². The van der Waals surface area contributed by atoms with Crippen LogP contribution in [0.5, 0.6) is 0 Å².